The van der Waals surface area contributed by atoms with Crippen molar-refractivity contribution in [2.75, 3.05) is 50.5 Å². The van der Waals surface area contributed by atoms with E-state index in [9.17, 15) is 23.7 Å². The number of sulfonamides is 1. The Morgan fingerprint density at radius 1 is 0.926 bits per heavy atom. The molecule has 1 aromatic rings. The normalized spacial score (nSPS) is 13.0. The van der Waals surface area contributed by atoms with Crippen LogP contribution < -0.4 is 9.91 Å². The SMILES string of the molecule is CO[Si](OC)(OC)c1ccc(NS(=O)(=O)CCC[Si](CO)(CO)CO)cc1. The summed E-state index contributed by atoms with van der Waals surface area (Å²) in [6.45, 7) is 0. The maximum atomic E-state index is 12.3. The van der Waals surface area contributed by atoms with E-state index in [1.807, 2.05) is 0 Å². The highest BCUT2D eigenvalue weighted by atomic mass is 32.2. The highest BCUT2D eigenvalue weighted by molar-refractivity contribution is 7.92. The van der Waals surface area contributed by atoms with Crippen LogP contribution in [0.3, 0.4) is 0 Å². The number of hydrogen-bond acceptors (Lipinski definition) is 8. The Hall–Kier alpha value is -0.836. The highest BCUT2D eigenvalue weighted by Gasteiger charge is 2.40. The number of nitrogens with one attached hydrogen (secondary N) is 1. The fourth-order valence-corrected chi connectivity index (χ4v) is 7.46. The number of hydrogen-bond donors (Lipinski definition) is 4. The molecule has 1 aromatic carbocycles. The van der Waals surface area contributed by atoms with Gasteiger partial charge in [0.1, 0.15) is 8.07 Å². The lowest BCUT2D eigenvalue weighted by Gasteiger charge is -2.25. The first-order valence-corrected chi connectivity index (χ1v) is 14.6. The van der Waals surface area contributed by atoms with Crippen LogP contribution in [-0.2, 0) is 23.3 Å². The molecule has 9 nitrogen and oxygen atoms in total. The second-order valence-corrected chi connectivity index (χ2v) is 15.4. The van der Waals surface area contributed by atoms with Gasteiger partial charge < -0.3 is 28.6 Å². The summed E-state index contributed by atoms with van der Waals surface area (Å²) in [7, 11) is -4.72. The van der Waals surface area contributed by atoms with Crippen molar-refractivity contribution in [3.05, 3.63) is 24.3 Å². The van der Waals surface area contributed by atoms with Gasteiger partial charge in [0.25, 0.3) is 0 Å². The van der Waals surface area contributed by atoms with Crippen LogP contribution in [0, 0.1) is 0 Å². The predicted molar refractivity (Wildman–Crippen MR) is 107 cm³/mol. The molecule has 0 radical (unpaired) electrons. The molecule has 0 fully saturated rings. The van der Waals surface area contributed by atoms with Crippen molar-refractivity contribution < 1.29 is 37.0 Å². The molecule has 0 aliphatic carbocycles. The Morgan fingerprint density at radius 2 is 1.41 bits per heavy atom. The van der Waals surface area contributed by atoms with Gasteiger partial charge in [0.05, 0.1) is 5.75 Å². The molecular formula is C15H29NO8SSi2. The van der Waals surface area contributed by atoms with Gasteiger partial charge in [-0.15, -0.1) is 0 Å². The first-order valence-electron chi connectivity index (χ1n) is 8.35. The van der Waals surface area contributed by atoms with E-state index < -0.39 is 26.9 Å². The zero-order chi connectivity index (χ0) is 20.6. The van der Waals surface area contributed by atoms with Crippen molar-refractivity contribution in [1.82, 2.24) is 0 Å². The molecule has 0 saturated heterocycles. The first kappa shape index (κ1) is 24.2. The lowest BCUT2D eigenvalue weighted by Crippen LogP contribution is -2.54. The molecule has 0 aliphatic rings. The van der Waals surface area contributed by atoms with Crippen molar-refractivity contribution in [2.45, 2.75) is 12.5 Å². The second-order valence-electron chi connectivity index (χ2n) is 6.24. The van der Waals surface area contributed by atoms with Crippen molar-refractivity contribution in [1.29, 1.82) is 0 Å². The Balaban J connectivity index is 2.74. The number of rotatable bonds is 13. The second kappa shape index (κ2) is 10.6. The minimum absolute atomic E-state index is 0.170. The molecule has 4 N–H and O–H groups in total. The molecule has 1 rings (SSSR count). The summed E-state index contributed by atoms with van der Waals surface area (Å²) in [6, 6.07) is 6.88. The summed E-state index contributed by atoms with van der Waals surface area (Å²) in [5.74, 6) is -0.170. The fourth-order valence-electron chi connectivity index (χ4n) is 2.60. The van der Waals surface area contributed by atoms with Gasteiger partial charge >= 0.3 is 8.80 Å². The summed E-state index contributed by atoms with van der Waals surface area (Å²) < 4.78 is 43.1. The molecule has 0 spiro atoms. The van der Waals surface area contributed by atoms with E-state index in [1.54, 1.807) is 24.3 Å². The summed E-state index contributed by atoms with van der Waals surface area (Å²) in [4.78, 5) is 0. The summed E-state index contributed by atoms with van der Waals surface area (Å²) in [5.41, 5.74) is 0.389. The van der Waals surface area contributed by atoms with Crippen LogP contribution in [0.4, 0.5) is 5.69 Å². The molecule has 0 aliphatic heterocycles. The van der Waals surface area contributed by atoms with E-state index in [2.05, 4.69) is 4.72 Å². The highest BCUT2D eigenvalue weighted by Crippen LogP contribution is 2.15. The van der Waals surface area contributed by atoms with E-state index in [4.69, 9.17) is 13.3 Å². The van der Waals surface area contributed by atoms with Crippen molar-refractivity contribution in [3.8, 4) is 0 Å². The molecule has 0 atom stereocenters. The largest absolute Gasteiger partial charge is 0.536 e. The van der Waals surface area contributed by atoms with E-state index in [0.29, 0.717) is 16.9 Å². The Morgan fingerprint density at radius 3 is 1.81 bits per heavy atom. The summed E-state index contributed by atoms with van der Waals surface area (Å²) in [5, 5.41) is 28.7. The van der Waals surface area contributed by atoms with Crippen molar-refractivity contribution in [3.63, 3.8) is 0 Å². The fraction of sp³-hybridized carbons (Fsp3) is 0.600. The molecule has 0 amide bonds. The van der Waals surface area contributed by atoms with Gasteiger partial charge in [0.15, 0.2) is 0 Å². The molecule has 0 bridgehead atoms. The zero-order valence-electron chi connectivity index (χ0n) is 15.8. The van der Waals surface area contributed by atoms with Gasteiger partial charge in [-0.1, -0.05) is 18.2 Å². The van der Waals surface area contributed by atoms with Crippen LogP contribution in [0.5, 0.6) is 0 Å². The Labute approximate surface area is 162 Å². The van der Waals surface area contributed by atoms with Crippen LogP contribution >= 0.6 is 0 Å². The predicted octanol–water partition coefficient (Wildman–Crippen LogP) is -1.05. The van der Waals surface area contributed by atoms with Gasteiger partial charge in [0.2, 0.25) is 10.0 Å². The van der Waals surface area contributed by atoms with Gasteiger partial charge in [-0.25, -0.2) is 8.42 Å². The van der Waals surface area contributed by atoms with Crippen LogP contribution in [0.25, 0.3) is 0 Å². The first-order chi connectivity index (χ1) is 12.8. The van der Waals surface area contributed by atoms with Crippen LogP contribution in [0.1, 0.15) is 6.42 Å². The number of aliphatic hydroxyl groups is 3. The third-order valence-corrected chi connectivity index (χ3v) is 11.9. The molecule has 0 aromatic heterocycles. The zero-order valence-corrected chi connectivity index (χ0v) is 18.7. The minimum atomic E-state index is -3.60. The summed E-state index contributed by atoms with van der Waals surface area (Å²) >= 11 is 0. The third-order valence-electron chi connectivity index (χ3n) is 4.44. The minimum Gasteiger partial charge on any atom is -0.399 e. The number of benzene rings is 1. The topological polar surface area (TPSA) is 135 Å². The average Bonchev–Trinajstić information content (AvgIpc) is 2.68. The third kappa shape index (κ3) is 6.34. The van der Waals surface area contributed by atoms with Crippen LogP contribution in [-0.4, -0.2) is 86.4 Å². The molecule has 0 saturated carbocycles. The lowest BCUT2D eigenvalue weighted by molar-refractivity contribution is 0.140. The van der Waals surface area contributed by atoms with E-state index in [1.165, 1.54) is 21.3 Å². The maximum absolute atomic E-state index is 12.3. The molecular weight excluding hydrogens is 410 g/mol. The van der Waals surface area contributed by atoms with Gasteiger partial charge in [-0.3, -0.25) is 4.72 Å². The number of anilines is 1. The van der Waals surface area contributed by atoms with E-state index in [0.717, 1.165) is 0 Å². The molecule has 12 heteroatoms. The standard InChI is InChI=1S/C15H29NO8SSi2/c1-22-27(23-2,24-3)15-7-5-14(6-8-15)16-25(20,21)9-4-10-26(11-17,12-18)13-19/h5-8,16-19H,4,9-13H2,1-3H3. The molecule has 156 valence electrons. The van der Waals surface area contributed by atoms with Gasteiger partial charge in [-0.2, -0.15) is 0 Å². The van der Waals surface area contributed by atoms with E-state index >= 15 is 0 Å². The van der Waals surface area contributed by atoms with Crippen molar-refractivity contribution in [2.24, 2.45) is 0 Å². The van der Waals surface area contributed by atoms with Gasteiger partial charge in [-0.05, 0) is 18.6 Å². The van der Waals surface area contributed by atoms with Crippen LogP contribution in [0.15, 0.2) is 24.3 Å². The molecule has 27 heavy (non-hydrogen) atoms. The quantitative estimate of drug-likeness (QED) is 0.286. The van der Waals surface area contributed by atoms with Crippen molar-refractivity contribution >= 4 is 37.8 Å². The lowest BCUT2D eigenvalue weighted by atomic mass is 10.3. The Bertz CT molecular complexity index is 646. The smallest absolute Gasteiger partial charge is 0.399 e. The monoisotopic (exact) mass is 439 g/mol. The van der Waals surface area contributed by atoms with E-state index in [-0.39, 0.29) is 30.9 Å². The molecule has 0 heterocycles. The average molecular weight is 440 g/mol. The molecule has 0 unspecified atom stereocenters. The summed E-state index contributed by atoms with van der Waals surface area (Å²) in [6.07, 6.45) is -0.592. The number of aliphatic hydroxyl groups excluding tert-OH is 3. The van der Waals surface area contributed by atoms with Gasteiger partial charge in [0, 0.05) is 50.9 Å². The maximum Gasteiger partial charge on any atom is 0.536 e. The Kier molecular flexibility index (Phi) is 9.54. The van der Waals surface area contributed by atoms with Crippen LogP contribution in [0.2, 0.25) is 6.04 Å².